The molecule has 1 aromatic heterocycles. The zero-order valence-electron chi connectivity index (χ0n) is 17.8. The molecule has 6 nitrogen and oxygen atoms in total. The highest BCUT2D eigenvalue weighted by Crippen LogP contribution is 2.32. The maximum absolute atomic E-state index is 13.3. The maximum Gasteiger partial charge on any atom is 0.246 e. The van der Waals surface area contributed by atoms with Gasteiger partial charge in [-0.15, -0.1) is 0 Å². The van der Waals surface area contributed by atoms with Gasteiger partial charge in [-0.2, -0.15) is 5.10 Å². The summed E-state index contributed by atoms with van der Waals surface area (Å²) in [5, 5.41) is 17.2. The van der Waals surface area contributed by atoms with Crippen LogP contribution in [0.1, 0.15) is 24.2 Å². The molecule has 0 bridgehead atoms. The number of carbonyl (C=O) groups excluding carboxylic acids is 1. The van der Waals surface area contributed by atoms with Crippen LogP contribution in [0, 0.1) is 12.7 Å². The van der Waals surface area contributed by atoms with E-state index < -0.39 is 18.6 Å². The molecule has 2 unspecified atom stereocenters. The molecular formula is C25H24FN3O3. The number of nitrogens with zero attached hydrogens (tertiary/aromatic N) is 2. The average Bonchev–Trinajstić information content (AvgIpc) is 3.20. The molecule has 3 aromatic carbocycles. The predicted molar refractivity (Wildman–Crippen MR) is 120 cm³/mol. The Hall–Kier alpha value is -3.71. The standard InChI is InChI=1S/C25H24FN3O3/c1-16-12-22-19(14-27-29(22)21-10-8-20(26)9-11-21)13-23(16)32-25(17(2)28-24(31)15-30)18-6-4-3-5-7-18/h3-14,17,25,30H,15H2,1-2H3,(H,28,31). The molecular weight excluding hydrogens is 409 g/mol. The quantitative estimate of drug-likeness (QED) is 0.460. The molecule has 1 amide bonds. The number of amides is 1. The van der Waals surface area contributed by atoms with Crippen LogP contribution in [0.15, 0.2) is 72.9 Å². The number of aliphatic hydroxyl groups excluding tert-OH is 1. The summed E-state index contributed by atoms with van der Waals surface area (Å²) < 4.78 is 21.5. The summed E-state index contributed by atoms with van der Waals surface area (Å²) in [7, 11) is 0. The van der Waals surface area contributed by atoms with Crippen molar-refractivity contribution in [2.75, 3.05) is 6.61 Å². The third kappa shape index (κ3) is 4.48. The number of aryl methyl sites for hydroxylation is 1. The van der Waals surface area contributed by atoms with E-state index in [1.807, 2.05) is 56.3 Å². The lowest BCUT2D eigenvalue weighted by atomic mass is 10.0. The fourth-order valence-corrected chi connectivity index (χ4v) is 3.69. The topological polar surface area (TPSA) is 76.4 Å². The van der Waals surface area contributed by atoms with E-state index >= 15 is 0 Å². The zero-order valence-corrected chi connectivity index (χ0v) is 17.8. The number of ether oxygens (including phenoxy) is 1. The molecule has 2 N–H and O–H groups in total. The Kier molecular flexibility index (Phi) is 6.18. The van der Waals surface area contributed by atoms with E-state index in [9.17, 15) is 9.18 Å². The first-order chi connectivity index (χ1) is 15.5. The maximum atomic E-state index is 13.3. The van der Waals surface area contributed by atoms with Gasteiger partial charge in [0.15, 0.2) is 0 Å². The molecule has 0 saturated heterocycles. The lowest BCUT2D eigenvalue weighted by Crippen LogP contribution is -2.40. The minimum absolute atomic E-state index is 0.300. The Bertz CT molecular complexity index is 1220. The SMILES string of the molecule is Cc1cc2c(cnn2-c2ccc(F)cc2)cc1OC(c1ccccc1)C(C)NC(=O)CO. The summed E-state index contributed by atoms with van der Waals surface area (Å²) in [6, 6.07) is 19.3. The van der Waals surface area contributed by atoms with Crippen LogP contribution >= 0.6 is 0 Å². The molecule has 0 aliphatic carbocycles. The second-order valence-corrected chi connectivity index (χ2v) is 7.67. The lowest BCUT2D eigenvalue weighted by molar-refractivity contribution is -0.125. The van der Waals surface area contributed by atoms with E-state index in [0.29, 0.717) is 5.75 Å². The average molecular weight is 433 g/mol. The number of aliphatic hydroxyl groups is 1. The summed E-state index contributed by atoms with van der Waals surface area (Å²) in [5.41, 5.74) is 3.43. The van der Waals surface area contributed by atoms with Crippen LogP contribution in [0.5, 0.6) is 5.75 Å². The number of aromatic nitrogens is 2. The molecule has 4 aromatic rings. The summed E-state index contributed by atoms with van der Waals surface area (Å²) in [6.45, 7) is 3.20. The number of nitrogens with one attached hydrogen (secondary N) is 1. The second kappa shape index (κ2) is 9.20. The van der Waals surface area contributed by atoms with Crippen LogP contribution in [0.4, 0.5) is 4.39 Å². The van der Waals surface area contributed by atoms with E-state index in [1.165, 1.54) is 12.1 Å². The van der Waals surface area contributed by atoms with Crippen molar-refractivity contribution in [2.24, 2.45) is 0 Å². The number of benzene rings is 3. The minimum Gasteiger partial charge on any atom is -0.483 e. The number of hydrogen-bond acceptors (Lipinski definition) is 4. The number of fused-ring (bicyclic) bond motifs is 1. The third-order valence-corrected chi connectivity index (χ3v) is 5.30. The Morgan fingerprint density at radius 2 is 1.88 bits per heavy atom. The van der Waals surface area contributed by atoms with Gasteiger partial charge in [-0.3, -0.25) is 4.79 Å². The summed E-state index contributed by atoms with van der Waals surface area (Å²) in [6.07, 6.45) is 1.27. The third-order valence-electron chi connectivity index (χ3n) is 5.30. The monoisotopic (exact) mass is 433 g/mol. The Balaban J connectivity index is 1.68. The molecule has 0 radical (unpaired) electrons. The molecule has 0 aliphatic rings. The Morgan fingerprint density at radius 3 is 2.56 bits per heavy atom. The molecule has 4 rings (SSSR count). The van der Waals surface area contributed by atoms with E-state index in [0.717, 1.165) is 27.7 Å². The van der Waals surface area contributed by atoms with Crippen molar-refractivity contribution in [3.63, 3.8) is 0 Å². The lowest BCUT2D eigenvalue weighted by Gasteiger charge is -2.27. The van der Waals surface area contributed by atoms with Gasteiger partial charge in [0.1, 0.15) is 24.3 Å². The predicted octanol–water partition coefficient (Wildman–Crippen LogP) is 4.09. The smallest absolute Gasteiger partial charge is 0.246 e. The van der Waals surface area contributed by atoms with Crippen molar-refractivity contribution in [1.82, 2.24) is 15.1 Å². The summed E-state index contributed by atoms with van der Waals surface area (Å²) in [5.74, 6) is -0.101. The Morgan fingerprint density at radius 1 is 1.16 bits per heavy atom. The van der Waals surface area contributed by atoms with Crippen molar-refractivity contribution >= 4 is 16.8 Å². The minimum atomic E-state index is -0.584. The van der Waals surface area contributed by atoms with Crippen LogP contribution < -0.4 is 10.1 Å². The van der Waals surface area contributed by atoms with Gasteiger partial charge in [0.2, 0.25) is 5.91 Å². The first-order valence-corrected chi connectivity index (χ1v) is 10.3. The van der Waals surface area contributed by atoms with Gasteiger partial charge in [0.05, 0.1) is 23.4 Å². The molecule has 0 saturated carbocycles. The normalized spacial score (nSPS) is 13.0. The van der Waals surface area contributed by atoms with Gasteiger partial charge in [-0.05, 0) is 61.4 Å². The van der Waals surface area contributed by atoms with Crippen LogP contribution in [0.3, 0.4) is 0 Å². The molecule has 7 heteroatoms. The summed E-state index contributed by atoms with van der Waals surface area (Å²) >= 11 is 0. The fraction of sp³-hybridized carbons (Fsp3) is 0.200. The molecule has 164 valence electrons. The molecule has 0 spiro atoms. The van der Waals surface area contributed by atoms with E-state index in [-0.39, 0.29) is 11.9 Å². The van der Waals surface area contributed by atoms with E-state index in [4.69, 9.17) is 9.84 Å². The van der Waals surface area contributed by atoms with Crippen LogP contribution in [-0.2, 0) is 4.79 Å². The Labute approximate surface area is 185 Å². The number of hydrogen-bond donors (Lipinski definition) is 2. The molecule has 0 aliphatic heterocycles. The second-order valence-electron chi connectivity index (χ2n) is 7.67. The van der Waals surface area contributed by atoms with Gasteiger partial charge in [-0.1, -0.05) is 30.3 Å². The van der Waals surface area contributed by atoms with Crippen LogP contribution in [-0.4, -0.2) is 33.4 Å². The number of halogens is 1. The van der Waals surface area contributed by atoms with Gasteiger partial charge in [-0.25, -0.2) is 9.07 Å². The van der Waals surface area contributed by atoms with Gasteiger partial charge in [0, 0.05) is 5.39 Å². The molecule has 0 fully saturated rings. The van der Waals surface area contributed by atoms with Crippen molar-refractivity contribution in [3.05, 3.63) is 89.9 Å². The fourth-order valence-electron chi connectivity index (χ4n) is 3.69. The van der Waals surface area contributed by atoms with Gasteiger partial charge in [0.25, 0.3) is 0 Å². The van der Waals surface area contributed by atoms with Gasteiger partial charge >= 0.3 is 0 Å². The molecule has 2 atom stereocenters. The summed E-state index contributed by atoms with van der Waals surface area (Å²) in [4.78, 5) is 11.8. The van der Waals surface area contributed by atoms with Crippen molar-refractivity contribution in [3.8, 4) is 11.4 Å². The first-order valence-electron chi connectivity index (χ1n) is 10.3. The van der Waals surface area contributed by atoms with Gasteiger partial charge < -0.3 is 15.2 Å². The largest absolute Gasteiger partial charge is 0.483 e. The highest BCUT2D eigenvalue weighted by molar-refractivity contribution is 5.83. The zero-order chi connectivity index (χ0) is 22.7. The van der Waals surface area contributed by atoms with Crippen LogP contribution in [0.2, 0.25) is 0 Å². The van der Waals surface area contributed by atoms with Crippen molar-refractivity contribution in [2.45, 2.75) is 26.0 Å². The number of carbonyl (C=O) groups is 1. The van der Waals surface area contributed by atoms with E-state index in [1.54, 1.807) is 23.0 Å². The first kappa shape index (κ1) is 21.5. The molecule has 32 heavy (non-hydrogen) atoms. The molecule has 1 heterocycles. The van der Waals surface area contributed by atoms with E-state index in [2.05, 4.69) is 10.4 Å². The highest BCUT2D eigenvalue weighted by Gasteiger charge is 2.24. The van der Waals surface area contributed by atoms with Crippen LogP contribution in [0.25, 0.3) is 16.6 Å². The highest BCUT2D eigenvalue weighted by atomic mass is 19.1. The van der Waals surface area contributed by atoms with Crippen molar-refractivity contribution < 1.29 is 19.0 Å². The number of rotatable bonds is 7. The van der Waals surface area contributed by atoms with Crippen molar-refractivity contribution in [1.29, 1.82) is 0 Å².